The van der Waals surface area contributed by atoms with Gasteiger partial charge in [-0.25, -0.2) is 29.0 Å². The highest BCUT2D eigenvalue weighted by molar-refractivity contribution is 9.10. The lowest BCUT2D eigenvalue weighted by Crippen LogP contribution is -2.31. The van der Waals surface area contributed by atoms with Gasteiger partial charge in [0.05, 0.1) is 70.1 Å². The minimum atomic E-state index is -0.537. The zero-order valence-corrected chi connectivity index (χ0v) is 39.7. The summed E-state index contributed by atoms with van der Waals surface area (Å²) in [6.07, 6.45) is 11.6. The summed E-state index contributed by atoms with van der Waals surface area (Å²) in [5.74, 6) is 1.37. The number of benzene rings is 3. The van der Waals surface area contributed by atoms with Crippen molar-refractivity contribution < 1.29 is 14.0 Å². The van der Waals surface area contributed by atoms with Crippen molar-refractivity contribution in [2.75, 3.05) is 33.5 Å². The van der Waals surface area contributed by atoms with Gasteiger partial charge in [0.25, 0.3) is 0 Å². The highest BCUT2D eigenvalue weighted by Gasteiger charge is 2.33. The number of amides is 2. The summed E-state index contributed by atoms with van der Waals surface area (Å²) in [6, 6.07) is 25.8. The quantitative estimate of drug-likeness (QED) is 0.112. The van der Waals surface area contributed by atoms with E-state index in [2.05, 4.69) is 68.8 Å². The molecule has 5 aromatic heterocycles. The first-order chi connectivity index (χ1) is 34.6. The molecule has 3 aromatic carbocycles. The van der Waals surface area contributed by atoms with Crippen LogP contribution in [-0.4, -0.2) is 69.4 Å². The molecule has 1 saturated carbocycles. The van der Waals surface area contributed by atoms with Crippen LogP contribution in [-0.2, 0) is 48.9 Å². The number of hydrogen-bond acceptors (Lipinski definition) is 13. The van der Waals surface area contributed by atoms with Crippen molar-refractivity contribution in [1.29, 1.82) is 10.5 Å². The van der Waals surface area contributed by atoms with E-state index >= 15 is 4.39 Å². The maximum absolute atomic E-state index is 15.8. The highest BCUT2D eigenvalue weighted by Crippen LogP contribution is 2.42. The third-order valence-electron chi connectivity index (χ3n) is 13.0. The van der Waals surface area contributed by atoms with Crippen molar-refractivity contribution in [3.05, 3.63) is 159 Å². The Morgan fingerprint density at radius 2 is 1.38 bits per heavy atom. The van der Waals surface area contributed by atoms with Gasteiger partial charge >= 0.3 is 0 Å². The molecule has 3 aliphatic rings. The van der Waals surface area contributed by atoms with Crippen LogP contribution in [0.4, 0.5) is 39.3 Å². The summed E-state index contributed by atoms with van der Waals surface area (Å²) in [7, 11) is 1.79. The normalized spacial score (nSPS) is 13.6. The van der Waals surface area contributed by atoms with Gasteiger partial charge in [0.2, 0.25) is 23.7 Å². The first-order valence-electron chi connectivity index (χ1n) is 23.0. The molecule has 0 atom stereocenters. The monoisotopic (exact) mass is 1010 g/mol. The number of halogens is 2. The van der Waals surface area contributed by atoms with Crippen LogP contribution in [0.25, 0.3) is 22.5 Å². The van der Waals surface area contributed by atoms with Crippen molar-refractivity contribution >= 4 is 62.7 Å². The summed E-state index contributed by atoms with van der Waals surface area (Å²) in [5.41, 5.74) is 8.99. The van der Waals surface area contributed by atoms with E-state index in [1.165, 1.54) is 6.07 Å². The number of nitrogens with one attached hydrogen (secondary N) is 2. The molecule has 1 aliphatic carbocycles. The van der Waals surface area contributed by atoms with E-state index in [9.17, 15) is 20.1 Å². The van der Waals surface area contributed by atoms with Crippen LogP contribution in [0.1, 0.15) is 63.4 Å². The fourth-order valence-electron chi connectivity index (χ4n) is 9.40. The Kier molecular flexibility index (Phi) is 11.8. The summed E-state index contributed by atoms with van der Waals surface area (Å²) in [5, 5.41) is 35.6. The number of rotatable bonds is 13. The van der Waals surface area contributed by atoms with Crippen LogP contribution in [0.2, 0.25) is 0 Å². The van der Waals surface area contributed by atoms with Crippen molar-refractivity contribution in [1.82, 2.24) is 44.5 Å². The predicted molar refractivity (Wildman–Crippen MR) is 265 cm³/mol. The number of nitriles is 2. The third-order valence-corrected chi connectivity index (χ3v) is 13.6. The molecule has 0 spiro atoms. The molecule has 0 saturated heterocycles. The molecule has 11 rings (SSSR count). The average molecular weight is 1010 g/mol. The molecule has 0 unspecified atom stereocenters. The molecule has 19 heteroatoms. The second-order valence-corrected chi connectivity index (χ2v) is 18.5. The van der Waals surface area contributed by atoms with E-state index < -0.39 is 5.82 Å². The maximum Gasteiger partial charge on any atom is 0.231 e. The second-order valence-electron chi connectivity index (χ2n) is 17.6. The summed E-state index contributed by atoms with van der Waals surface area (Å²) in [4.78, 5) is 53.6. The number of carbonyl (C=O) groups is 2. The smallest absolute Gasteiger partial charge is 0.231 e. The number of nitrogens with zero attached hydrogens (tertiary/aromatic N) is 13. The number of anilines is 6. The van der Waals surface area contributed by atoms with Gasteiger partial charge in [-0.1, -0.05) is 18.2 Å². The Labute approximate surface area is 414 Å². The van der Waals surface area contributed by atoms with E-state index in [0.717, 1.165) is 45.3 Å². The Balaban J connectivity index is 0.747. The first-order valence-corrected chi connectivity index (χ1v) is 23.8. The van der Waals surface area contributed by atoms with Crippen LogP contribution in [0, 0.1) is 28.5 Å². The maximum atomic E-state index is 15.8. The molecule has 1 fully saturated rings. The fourth-order valence-corrected chi connectivity index (χ4v) is 9.85. The molecule has 350 valence electrons. The third kappa shape index (κ3) is 8.94. The summed E-state index contributed by atoms with van der Waals surface area (Å²) < 4.78 is 19.9. The molecule has 2 N–H and O–H groups in total. The van der Waals surface area contributed by atoms with Crippen LogP contribution in [0.15, 0.2) is 108 Å². The van der Waals surface area contributed by atoms with Crippen molar-refractivity contribution in [2.45, 2.75) is 51.0 Å². The first kappa shape index (κ1) is 44.8. The zero-order valence-electron chi connectivity index (χ0n) is 38.1. The van der Waals surface area contributed by atoms with E-state index in [1.807, 2.05) is 24.3 Å². The van der Waals surface area contributed by atoms with Gasteiger partial charge in [-0.05, 0) is 118 Å². The SMILES string of the molecule is Cn1ncc(Br)c1Nc1nccc(-c2cc(C#N)c3c(c2)CCN3C(=O)Cc2ccc(Cn3nccc3Nc3nccc(-c4cc(C#N)c5c(c4)CCN5C(=O)Cc4cccnc4C4CC4)n3)cc2F)n1. The van der Waals surface area contributed by atoms with E-state index in [4.69, 9.17) is 4.98 Å². The van der Waals surface area contributed by atoms with Gasteiger partial charge in [-0.15, -0.1) is 0 Å². The van der Waals surface area contributed by atoms with Crippen molar-refractivity contribution in [3.8, 4) is 34.7 Å². The van der Waals surface area contributed by atoms with Gasteiger partial charge in [0.15, 0.2) is 0 Å². The molecule has 17 nitrogen and oxygen atoms in total. The molecule has 2 amide bonds. The number of pyridine rings is 1. The summed E-state index contributed by atoms with van der Waals surface area (Å²) in [6.45, 7) is 1.03. The van der Waals surface area contributed by atoms with Crippen molar-refractivity contribution in [3.63, 3.8) is 0 Å². The Hall–Kier alpha value is -8.68. The number of fused-ring (bicyclic) bond motifs is 2. The van der Waals surface area contributed by atoms with Gasteiger partial charge in [0, 0.05) is 67.5 Å². The van der Waals surface area contributed by atoms with Crippen LogP contribution < -0.4 is 20.4 Å². The molecule has 2 aliphatic heterocycles. The van der Waals surface area contributed by atoms with Crippen LogP contribution in [0.5, 0.6) is 0 Å². The Morgan fingerprint density at radius 3 is 1.97 bits per heavy atom. The number of aryl methyl sites for hydroxylation is 1. The van der Waals surface area contributed by atoms with Crippen LogP contribution >= 0.6 is 15.9 Å². The lowest BCUT2D eigenvalue weighted by Gasteiger charge is -2.20. The Bertz CT molecular complexity index is 3520. The fraction of sp³-hybridized carbons (Fsp3) is 0.212. The van der Waals surface area contributed by atoms with E-state index in [1.54, 1.807) is 99.7 Å². The minimum absolute atomic E-state index is 0.0580. The lowest BCUT2D eigenvalue weighted by atomic mass is 10.0. The average Bonchev–Trinajstić information content (AvgIpc) is 3.60. The van der Waals surface area contributed by atoms with Gasteiger partial charge in [0.1, 0.15) is 29.6 Å². The van der Waals surface area contributed by atoms with Crippen molar-refractivity contribution in [2.24, 2.45) is 7.05 Å². The topological polar surface area (TPSA) is 212 Å². The molecular weight excluding hydrogens is 966 g/mol. The lowest BCUT2D eigenvalue weighted by molar-refractivity contribution is -0.118. The second kappa shape index (κ2) is 18.7. The number of hydrogen-bond donors (Lipinski definition) is 2. The number of carbonyl (C=O) groups excluding carboxylic acids is 2. The molecule has 71 heavy (non-hydrogen) atoms. The molecule has 8 aromatic rings. The number of aromatic nitrogens is 9. The molecular formula is C52H41BrFN15O2. The van der Waals surface area contributed by atoms with Gasteiger partial charge in [-0.2, -0.15) is 20.7 Å². The van der Waals surface area contributed by atoms with E-state index in [-0.39, 0.29) is 42.7 Å². The summed E-state index contributed by atoms with van der Waals surface area (Å²) >= 11 is 3.47. The largest absolute Gasteiger partial charge is 0.310 e. The van der Waals surface area contributed by atoms with Gasteiger partial charge in [-0.3, -0.25) is 19.3 Å². The van der Waals surface area contributed by atoms with Crippen LogP contribution in [0.3, 0.4) is 0 Å². The standard InChI is InChI=1S/C52H41BrFN15O2/c1-66-50(40(53)28-61-66)65-52-59-15-9-43(63-52)37-21-34-11-17-67(48(34)38(23-37)26-55)45(70)24-32-5-4-30(19-41(32)54)29-69-44(10-16-60-69)64-51-58-14-8-42(62-51)36-20-35-12-18-68(49(35)39(22-36)27-56)46(71)25-33-3-2-13-57-47(33)31-6-7-31/h2-5,8-10,13-16,19-23,28,31H,6-7,11-12,17-18,24-25,29H2,1H3,(H,58,62,64)(H,59,63,65). The van der Waals surface area contributed by atoms with E-state index in [0.29, 0.717) is 94.4 Å². The highest BCUT2D eigenvalue weighted by atomic mass is 79.9. The molecule has 0 bridgehead atoms. The zero-order chi connectivity index (χ0) is 48.8. The molecule has 0 radical (unpaired) electrons. The predicted octanol–water partition coefficient (Wildman–Crippen LogP) is 8.25. The molecule has 7 heterocycles. The minimum Gasteiger partial charge on any atom is -0.310 e. The van der Waals surface area contributed by atoms with Gasteiger partial charge < -0.3 is 20.4 Å². The Morgan fingerprint density at radius 1 is 0.746 bits per heavy atom.